The van der Waals surface area contributed by atoms with Crippen molar-refractivity contribution in [1.29, 1.82) is 0 Å². The minimum absolute atomic E-state index is 0.166. The van der Waals surface area contributed by atoms with E-state index in [1.807, 2.05) is 11.3 Å². The lowest BCUT2D eigenvalue weighted by molar-refractivity contribution is -0.127. The molecule has 0 unspecified atom stereocenters. The van der Waals surface area contributed by atoms with E-state index in [0.717, 1.165) is 31.8 Å². The van der Waals surface area contributed by atoms with Crippen LogP contribution in [0.15, 0.2) is 17.5 Å². The summed E-state index contributed by atoms with van der Waals surface area (Å²) < 4.78 is 0. The van der Waals surface area contributed by atoms with Crippen molar-refractivity contribution >= 4 is 17.2 Å². The summed E-state index contributed by atoms with van der Waals surface area (Å²) in [6.45, 7) is 11.5. The van der Waals surface area contributed by atoms with Gasteiger partial charge in [0.25, 0.3) is 0 Å². The summed E-state index contributed by atoms with van der Waals surface area (Å²) in [6.07, 6.45) is 7.04. The highest BCUT2D eigenvalue weighted by Crippen LogP contribution is 2.40. The Bertz CT molecular complexity index is 563. The first-order chi connectivity index (χ1) is 12.4. The summed E-state index contributed by atoms with van der Waals surface area (Å²) in [5.74, 6) is 1.25. The van der Waals surface area contributed by atoms with Gasteiger partial charge in [-0.3, -0.25) is 9.69 Å². The number of rotatable bonds is 5. The quantitative estimate of drug-likeness (QED) is 0.762. The molecule has 0 bridgehead atoms. The first-order valence-electron chi connectivity index (χ1n) is 10.4. The average Bonchev–Trinajstić information content (AvgIpc) is 3.29. The number of nitrogens with one attached hydrogen (secondary N) is 1. The molecule has 1 amide bonds. The number of carbonyl (C=O) groups excluding carboxylic acids is 1. The molecule has 1 aromatic rings. The van der Waals surface area contributed by atoms with Crippen molar-refractivity contribution in [3.63, 3.8) is 0 Å². The van der Waals surface area contributed by atoms with Crippen molar-refractivity contribution in [1.82, 2.24) is 10.2 Å². The molecular weight excluding hydrogens is 340 g/mol. The van der Waals surface area contributed by atoms with Crippen molar-refractivity contribution < 1.29 is 4.79 Å². The number of nitrogens with zero attached hydrogens (tertiary/aromatic N) is 1. The molecule has 2 fully saturated rings. The van der Waals surface area contributed by atoms with Crippen LogP contribution in [0.25, 0.3) is 0 Å². The number of thiophene rings is 1. The lowest BCUT2D eigenvalue weighted by Gasteiger charge is -2.37. The van der Waals surface area contributed by atoms with E-state index in [1.54, 1.807) is 0 Å². The zero-order chi connectivity index (χ0) is 18.7. The first-order valence-corrected chi connectivity index (χ1v) is 11.3. The molecule has 3 nitrogen and oxygen atoms in total. The number of amides is 1. The summed E-state index contributed by atoms with van der Waals surface area (Å²) in [7, 11) is 0. The van der Waals surface area contributed by atoms with Gasteiger partial charge in [0.1, 0.15) is 0 Å². The number of hydrogen-bond donors (Lipinski definition) is 1. The van der Waals surface area contributed by atoms with Gasteiger partial charge in [-0.25, -0.2) is 0 Å². The summed E-state index contributed by atoms with van der Waals surface area (Å²) in [5, 5.41) is 5.55. The van der Waals surface area contributed by atoms with Crippen LogP contribution in [0.2, 0.25) is 0 Å². The number of hydrogen-bond acceptors (Lipinski definition) is 3. The van der Waals surface area contributed by atoms with E-state index in [-0.39, 0.29) is 17.9 Å². The van der Waals surface area contributed by atoms with Crippen molar-refractivity contribution in [2.24, 2.45) is 17.3 Å². The maximum atomic E-state index is 12.9. The Morgan fingerprint density at radius 2 is 1.85 bits per heavy atom. The van der Waals surface area contributed by atoms with Gasteiger partial charge >= 0.3 is 0 Å². The van der Waals surface area contributed by atoms with Crippen LogP contribution in [-0.2, 0) is 4.79 Å². The molecule has 1 aliphatic carbocycles. The van der Waals surface area contributed by atoms with Crippen LogP contribution in [0.5, 0.6) is 0 Å². The normalized spacial score (nSPS) is 27.2. The van der Waals surface area contributed by atoms with Gasteiger partial charge < -0.3 is 5.32 Å². The summed E-state index contributed by atoms with van der Waals surface area (Å²) >= 11 is 1.82. The molecule has 0 radical (unpaired) electrons. The molecule has 0 aromatic carbocycles. The summed E-state index contributed by atoms with van der Waals surface area (Å²) in [6, 6.07) is 4.85. The highest BCUT2D eigenvalue weighted by Gasteiger charge is 2.35. The van der Waals surface area contributed by atoms with Gasteiger partial charge in [0, 0.05) is 16.8 Å². The summed E-state index contributed by atoms with van der Waals surface area (Å²) in [5.41, 5.74) is 0.370. The second-order valence-corrected chi connectivity index (χ2v) is 10.4. The van der Waals surface area contributed by atoms with Crippen LogP contribution in [0.4, 0.5) is 0 Å². The van der Waals surface area contributed by atoms with Crippen LogP contribution >= 0.6 is 11.3 Å². The molecule has 26 heavy (non-hydrogen) atoms. The topological polar surface area (TPSA) is 32.3 Å². The molecule has 146 valence electrons. The number of carbonyl (C=O) groups is 1. The van der Waals surface area contributed by atoms with Crippen LogP contribution in [0, 0.1) is 17.3 Å². The van der Waals surface area contributed by atoms with E-state index >= 15 is 0 Å². The fourth-order valence-electron chi connectivity index (χ4n) is 4.86. The van der Waals surface area contributed by atoms with Gasteiger partial charge in [-0.2, -0.15) is 0 Å². The van der Waals surface area contributed by atoms with E-state index < -0.39 is 0 Å². The summed E-state index contributed by atoms with van der Waals surface area (Å²) in [4.78, 5) is 16.9. The molecular formula is C22H36N2OS. The standard InChI is InChI=1S/C22H36N2OS/c1-16(20(19-8-7-15-26-19)24-13-5-6-14-24)23-21(25)17-9-11-18(12-10-17)22(2,3)4/h7-8,15-18,20H,5-6,9-14H2,1-4H3,(H,23,25)/t16-,17?,18?,20+/m0/s1. The van der Waals surface area contributed by atoms with E-state index in [9.17, 15) is 4.79 Å². The molecule has 4 heteroatoms. The van der Waals surface area contributed by atoms with Crippen LogP contribution in [0.3, 0.4) is 0 Å². The molecule has 0 spiro atoms. The molecule has 2 aliphatic rings. The predicted octanol–water partition coefficient (Wildman–Crippen LogP) is 5.24. The van der Waals surface area contributed by atoms with Crippen molar-refractivity contribution in [3.8, 4) is 0 Å². The second kappa shape index (κ2) is 8.43. The minimum atomic E-state index is 0.166. The van der Waals surface area contributed by atoms with Gasteiger partial charge in [-0.05, 0) is 81.3 Å². The zero-order valence-corrected chi connectivity index (χ0v) is 17.8. The fraction of sp³-hybridized carbons (Fsp3) is 0.773. The highest BCUT2D eigenvalue weighted by molar-refractivity contribution is 7.10. The Labute approximate surface area is 163 Å². The largest absolute Gasteiger partial charge is 0.351 e. The Morgan fingerprint density at radius 1 is 1.19 bits per heavy atom. The average molecular weight is 377 g/mol. The fourth-order valence-corrected chi connectivity index (χ4v) is 5.83. The maximum Gasteiger partial charge on any atom is 0.223 e. The van der Waals surface area contributed by atoms with Crippen molar-refractivity contribution in [2.75, 3.05) is 13.1 Å². The Hall–Kier alpha value is -0.870. The SMILES string of the molecule is C[C@H](NC(=O)C1CCC(C(C)(C)C)CC1)[C@H](c1cccs1)N1CCCC1. The predicted molar refractivity (Wildman–Crippen MR) is 110 cm³/mol. The molecule has 1 saturated carbocycles. The Kier molecular flexibility index (Phi) is 6.45. The van der Waals surface area contributed by atoms with Gasteiger partial charge in [0.05, 0.1) is 6.04 Å². The van der Waals surface area contributed by atoms with Crippen LogP contribution in [-0.4, -0.2) is 29.9 Å². The Morgan fingerprint density at radius 3 is 2.38 bits per heavy atom. The molecule has 2 heterocycles. The highest BCUT2D eigenvalue weighted by atomic mass is 32.1. The third-order valence-corrected chi connectivity index (χ3v) is 7.48. The van der Waals surface area contributed by atoms with E-state index in [1.165, 1.54) is 30.6 Å². The van der Waals surface area contributed by atoms with Crippen molar-refractivity contribution in [3.05, 3.63) is 22.4 Å². The van der Waals surface area contributed by atoms with Gasteiger partial charge in [-0.1, -0.05) is 26.8 Å². The Balaban J connectivity index is 1.59. The molecule has 1 N–H and O–H groups in total. The monoisotopic (exact) mass is 376 g/mol. The van der Waals surface area contributed by atoms with E-state index in [4.69, 9.17) is 0 Å². The molecule has 2 atom stereocenters. The third-order valence-electron chi connectivity index (χ3n) is 6.53. The smallest absolute Gasteiger partial charge is 0.223 e. The maximum absolute atomic E-state index is 12.9. The second-order valence-electron chi connectivity index (χ2n) is 9.42. The van der Waals surface area contributed by atoms with Crippen molar-refractivity contribution in [2.45, 2.75) is 78.3 Å². The molecule has 3 rings (SSSR count). The van der Waals surface area contributed by atoms with E-state index in [2.05, 4.69) is 55.4 Å². The molecule has 1 saturated heterocycles. The van der Waals surface area contributed by atoms with Gasteiger partial charge in [0.15, 0.2) is 0 Å². The third kappa shape index (κ3) is 4.69. The van der Waals surface area contributed by atoms with E-state index in [0.29, 0.717) is 11.5 Å². The van der Waals surface area contributed by atoms with Gasteiger partial charge in [-0.15, -0.1) is 11.3 Å². The first kappa shape index (κ1) is 19.9. The van der Waals surface area contributed by atoms with Crippen LogP contribution in [0.1, 0.15) is 77.1 Å². The number of likely N-dealkylation sites (tertiary alicyclic amines) is 1. The lowest BCUT2D eigenvalue weighted by atomic mass is 9.69. The van der Waals surface area contributed by atoms with Crippen LogP contribution < -0.4 is 5.32 Å². The minimum Gasteiger partial charge on any atom is -0.351 e. The molecule has 1 aromatic heterocycles. The van der Waals surface area contributed by atoms with Gasteiger partial charge in [0.2, 0.25) is 5.91 Å². The zero-order valence-electron chi connectivity index (χ0n) is 17.0. The lowest BCUT2D eigenvalue weighted by Crippen LogP contribution is -2.46. The molecule has 1 aliphatic heterocycles.